The van der Waals surface area contributed by atoms with Gasteiger partial charge in [0.25, 0.3) is 0 Å². The van der Waals surface area contributed by atoms with Crippen molar-refractivity contribution in [3.05, 3.63) is 0 Å². The van der Waals surface area contributed by atoms with E-state index >= 15 is 0 Å². The molecule has 0 aromatic heterocycles. The van der Waals surface area contributed by atoms with Crippen molar-refractivity contribution in [1.29, 1.82) is 0 Å². The Morgan fingerprint density at radius 3 is 1.11 bits per heavy atom. The van der Waals surface area contributed by atoms with E-state index in [2.05, 4.69) is 46.1 Å². The van der Waals surface area contributed by atoms with Gasteiger partial charge in [-0.25, -0.2) is 4.57 Å². The summed E-state index contributed by atoms with van der Waals surface area (Å²) in [6.07, 6.45) is 26.5. The van der Waals surface area contributed by atoms with Crippen LogP contribution in [0.4, 0.5) is 0 Å². The highest BCUT2D eigenvalue weighted by atomic mass is 31.2. The maximum atomic E-state index is 10.7. The minimum absolute atomic E-state index is 0.153. The van der Waals surface area contributed by atoms with Crippen LogP contribution in [-0.2, 0) is 9.09 Å². The van der Waals surface area contributed by atoms with Crippen molar-refractivity contribution in [1.82, 2.24) is 0 Å². The van der Waals surface area contributed by atoms with Crippen molar-refractivity contribution in [3.63, 3.8) is 0 Å². The van der Waals surface area contributed by atoms with Crippen LogP contribution in [0.3, 0.4) is 0 Å². The second-order valence-electron chi connectivity index (χ2n) is 12.9. The summed E-state index contributed by atoms with van der Waals surface area (Å²) in [6, 6.07) is 0. The first-order valence-corrected chi connectivity index (χ1v) is 17.8. The average molecular weight is 547 g/mol. The van der Waals surface area contributed by atoms with Gasteiger partial charge in [-0.3, -0.25) is 4.52 Å². The molecule has 0 heterocycles. The highest BCUT2D eigenvalue weighted by molar-refractivity contribution is 7.46. The normalized spacial score (nSPS) is 16.4. The molecule has 0 bridgehead atoms. The maximum absolute atomic E-state index is 10.7. The number of hydrogen-bond acceptors (Lipinski definition) is 2. The predicted molar refractivity (Wildman–Crippen MR) is 162 cm³/mol. The quantitative estimate of drug-likeness (QED) is 0.0794. The van der Waals surface area contributed by atoms with Crippen LogP contribution in [-0.4, -0.2) is 16.4 Å². The zero-order valence-electron chi connectivity index (χ0n) is 25.9. The van der Waals surface area contributed by atoms with Crippen LogP contribution in [0.2, 0.25) is 0 Å². The van der Waals surface area contributed by atoms with E-state index in [-0.39, 0.29) is 6.61 Å². The van der Waals surface area contributed by atoms with Gasteiger partial charge in [-0.05, 0) is 42.4 Å². The standard InChI is InChI=1S/C32H67O4P/c1-7-8-9-10-11-17-28(2)18-12-19-29(3)20-13-21-30(4)22-14-23-31(5)24-15-25-32(6)26-16-27-36-37(33,34)35/h28-32H,7-27H2,1-6H3,(H2,33,34,35). The zero-order chi connectivity index (χ0) is 27.9. The molecule has 0 rings (SSSR count). The molecule has 5 atom stereocenters. The van der Waals surface area contributed by atoms with Gasteiger partial charge in [0.05, 0.1) is 6.61 Å². The molecular weight excluding hydrogens is 479 g/mol. The maximum Gasteiger partial charge on any atom is 0.469 e. The second-order valence-corrected chi connectivity index (χ2v) is 14.2. The van der Waals surface area contributed by atoms with E-state index in [1.807, 2.05) is 0 Å². The molecule has 5 heteroatoms. The molecule has 0 fully saturated rings. The van der Waals surface area contributed by atoms with E-state index in [1.54, 1.807) is 0 Å². The number of phosphoric acid groups is 1. The van der Waals surface area contributed by atoms with E-state index in [0.29, 0.717) is 5.92 Å². The largest absolute Gasteiger partial charge is 0.469 e. The van der Waals surface area contributed by atoms with Gasteiger partial charge >= 0.3 is 7.82 Å². The van der Waals surface area contributed by atoms with Crippen LogP contribution in [0.15, 0.2) is 0 Å². The Balaban J connectivity index is 3.62. The molecular formula is C32H67O4P. The molecule has 0 aromatic carbocycles. The van der Waals surface area contributed by atoms with Crippen LogP contribution in [0.1, 0.15) is 170 Å². The minimum atomic E-state index is -4.30. The lowest BCUT2D eigenvalue weighted by atomic mass is 9.89. The minimum Gasteiger partial charge on any atom is -0.303 e. The van der Waals surface area contributed by atoms with Crippen molar-refractivity contribution in [2.45, 2.75) is 170 Å². The molecule has 37 heavy (non-hydrogen) atoms. The van der Waals surface area contributed by atoms with Crippen molar-refractivity contribution in [2.24, 2.45) is 29.6 Å². The van der Waals surface area contributed by atoms with Gasteiger partial charge in [-0.1, -0.05) is 157 Å². The third-order valence-electron chi connectivity index (χ3n) is 8.48. The molecule has 0 aliphatic carbocycles. The Morgan fingerprint density at radius 2 is 0.784 bits per heavy atom. The van der Waals surface area contributed by atoms with E-state index in [1.165, 1.54) is 116 Å². The lowest BCUT2D eigenvalue weighted by molar-refractivity contribution is 0.190. The summed E-state index contributed by atoms with van der Waals surface area (Å²) in [5.74, 6) is 4.07. The summed E-state index contributed by atoms with van der Waals surface area (Å²) in [5.41, 5.74) is 0. The van der Waals surface area contributed by atoms with Crippen LogP contribution < -0.4 is 0 Å². The summed E-state index contributed by atoms with van der Waals surface area (Å²) < 4.78 is 15.2. The Morgan fingerprint density at radius 1 is 0.486 bits per heavy atom. The monoisotopic (exact) mass is 546 g/mol. The van der Waals surface area contributed by atoms with Gasteiger partial charge in [0.15, 0.2) is 0 Å². The molecule has 0 spiro atoms. The molecule has 0 aliphatic heterocycles. The summed E-state index contributed by atoms with van der Waals surface area (Å²) in [4.78, 5) is 17.4. The van der Waals surface area contributed by atoms with Gasteiger partial charge in [0, 0.05) is 0 Å². The molecule has 5 unspecified atom stereocenters. The third-order valence-corrected chi connectivity index (χ3v) is 9.00. The van der Waals surface area contributed by atoms with Gasteiger partial charge in [-0.15, -0.1) is 0 Å². The Bertz CT molecular complexity index is 535. The Kier molecular flexibility index (Phi) is 24.0. The molecule has 4 nitrogen and oxygen atoms in total. The van der Waals surface area contributed by atoms with Crippen molar-refractivity contribution < 1.29 is 18.9 Å². The van der Waals surface area contributed by atoms with E-state index in [9.17, 15) is 4.57 Å². The SMILES string of the molecule is CCCCCCCC(C)CCCC(C)CCCC(C)CCCC(C)CCCC(C)CCCOP(=O)(O)O. The molecule has 0 aromatic rings. The summed E-state index contributed by atoms with van der Waals surface area (Å²) in [6.45, 7) is 14.5. The van der Waals surface area contributed by atoms with Crippen LogP contribution in [0.25, 0.3) is 0 Å². The molecule has 224 valence electrons. The first kappa shape index (κ1) is 37.1. The van der Waals surface area contributed by atoms with Crippen LogP contribution in [0, 0.1) is 29.6 Å². The van der Waals surface area contributed by atoms with Gasteiger partial charge in [0.2, 0.25) is 0 Å². The molecule has 0 saturated carbocycles. The average Bonchev–Trinajstić information content (AvgIpc) is 2.81. The fourth-order valence-corrected chi connectivity index (χ4v) is 6.06. The van der Waals surface area contributed by atoms with E-state index in [0.717, 1.165) is 36.5 Å². The Labute approximate surface area is 232 Å². The van der Waals surface area contributed by atoms with Crippen LogP contribution >= 0.6 is 7.82 Å². The van der Waals surface area contributed by atoms with Crippen molar-refractivity contribution >= 4 is 7.82 Å². The fraction of sp³-hybridized carbons (Fsp3) is 1.00. The topological polar surface area (TPSA) is 66.8 Å². The fourth-order valence-electron chi connectivity index (χ4n) is 5.69. The third kappa shape index (κ3) is 27.5. The molecule has 2 N–H and O–H groups in total. The highest BCUT2D eigenvalue weighted by Crippen LogP contribution is 2.36. The highest BCUT2D eigenvalue weighted by Gasteiger charge is 2.13. The number of hydrogen-bond donors (Lipinski definition) is 2. The van der Waals surface area contributed by atoms with Gasteiger partial charge < -0.3 is 9.79 Å². The van der Waals surface area contributed by atoms with Crippen molar-refractivity contribution in [3.8, 4) is 0 Å². The predicted octanol–water partition coefficient (Wildman–Crippen LogP) is 11.1. The lowest BCUT2D eigenvalue weighted by Crippen LogP contribution is -2.03. The van der Waals surface area contributed by atoms with Crippen molar-refractivity contribution in [2.75, 3.05) is 6.61 Å². The summed E-state index contributed by atoms with van der Waals surface area (Å²) in [5, 5.41) is 0. The first-order valence-electron chi connectivity index (χ1n) is 16.2. The summed E-state index contributed by atoms with van der Waals surface area (Å²) in [7, 11) is -4.30. The number of rotatable bonds is 27. The summed E-state index contributed by atoms with van der Waals surface area (Å²) >= 11 is 0. The Hall–Kier alpha value is 0.110. The smallest absolute Gasteiger partial charge is 0.303 e. The van der Waals surface area contributed by atoms with E-state index < -0.39 is 7.82 Å². The van der Waals surface area contributed by atoms with Gasteiger partial charge in [-0.2, -0.15) is 0 Å². The lowest BCUT2D eigenvalue weighted by Gasteiger charge is -2.17. The number of unbranched alkanes of at least 4 members (excludes halogenated alkanes) is 4. The van der Waals surface area contributed by atoms with E-state index in [4.69, 9.17) is 9.79 Å². The number of phosphoric ester groups is 1. The zero-order valence-corrected chi connectivity index (χ0v) is 26.8. The van der Waals surface area contributed by atoms with Crippen LogP contribution in [0.5, 0.6) is 0 Å². The molecule has 0 amide bonds. The first-order chi connectivity index (χ1) is 17.5. The molecule has 0 aliphatic rings. The molecule has 0 saturated heterocycles. The van der Waals surface area contributed by atoms with Gasteiger partial charge in [0.1, 0.15) is 0 Å². The second kappa shape index (κ2) is 24.0. The molecule has 0 radical (unpaired) electrons.